The summed E-state index contributed by atoms with van der Waals surface area (Å²) in [6.45, 7) is 0.188. The highest BCUT2D eigenvalue weighted by molar-refractivity contribution is 6.02. The van der Waals surface area contributed by atoms with Gasteiger partial charge < -0.3 is 20.1 Å². The van der Waals surface area contributed by atoms with E-state index in [1.807, 2.05) is 0 Å². The number of amides is 1. The molecule has 0 spiro atoms. The number of methoxy groups -OCH3 is 1. The first-order chi connectivity index (χ1) is 12.0. The molecule has 0 saturated heterocycles. The predicted octanol–water partition coefficient (Wildman–Crippen LogP) is 0.395. The summed E-state index contributed by atoms with van der Waals surface area (Å²) in [7, 11) is 1.45. The fourth-order valence-corrected chi connectivity index (χ4v) is 2.57. The zero-order valence-corrected chi connectivity index (χ0v) is 13.4. The number of H-pyrrole nitrogens is 1. The second-order valence-electron chi connectivity index (χ2n) is 5.44. The minimum absolute atomic E-state index is 0.0894. The number of hydrogen-bond donors (Lipinski definition) is 3. The lowest BCUT2D eigenvalue weighted by Crippen LogP contribution is -2.41. The fourth-order valence-electron chi connectivity index (χ4n) is 2.57. The quantitative estimate of drug-likeness (QED) is 0.594. The number of nitrogens with one attached hydrogen (secondary N) is 2. The molecule has 130 valence electrons. The number of aliphatic carboxylic acids is 1. The number of hydrogen-bond acceptors (Lipinski definition) is 5. The number of nitrogens with zero attached hydrogens (tertiary/aromatic N) is 2. The van der Waals surface area contributed by atoms with Crippen molar-refractivity contribution in [3.8, 4) is 0 Å². The minimum Gasteiger partial charge on any atom is -0.480 e. The molecule has 0 fully saturated rings. The Balaban J connectivity index is 2.00. The highest BCUT2D eigenvalue weighted by atomic mass is 16.5. The molecule has 3 aromatic rings. The molecule has 1 atom stereocenters. The van der Waals surface area contributed by atoms with Gasteiger partial charge in [-0.15, -0.1) is 0 Å². The van der Waals surface area contributed by atoms with Crippen LogP contribution in [-0.2, 0) is 9.53 Å². The number of aromatic amines is 1. The van der Waals surface area contributed by atoms with E-state index in [0.717, 1.165) is 0 Å². The zero-order valence-electron chi connectivity index (χ0n) is 13.4. The second kappa shape index (κ2) is 6.73. The second-order valence-corrected chi connectivity index (χ2v) is 5.44. The van der Waals surface area contributed by atoms with Crippen molar-refractivity contribution in [3.63, 3.8) is 0 Å². The summed E-state index contributed by atoms with van der Waals surface area (Å²) >= 11 is 0. The van der Waals surface area contributed by atoms with E-state index in [0.29, 0.717) is 10.9 Å². The van der Waals surface area contributed by atoms with Gasteiger partial charge in [-0.1, -0.05) is 12.1 Å². The Bertz CT molecular complexity index is 1010. The first-order valence-electron chi connectivity index (χ1n) is 7.54. The average Bonchev–Trinajstić information content (AvgIpc) is 3.02. The summed E-state index contributed by atoms with van der Waals surface area (Å²) < 4.78 is 6.29. The van der Waals surface area contributed by atoms with Gasteiger partial charge in [-0.25, -0.2) is 9.31 Å². The third-order valence-corrected chi connectivity index (χ3v) is 3.84. The van der Waals surface area contributed by atoms with Crippen molar-refractivity contribution in [3.05, 3.63) is 46.4 Å². The van der Waals surface area contributed by atoms with Crippen LogP contribution in [0.25, 0.3) is 16.6 Å². The average molecular weight is 344 g/mol. The molecule has 0 aliphatic carbocycles. The molecular formula is C16H16N4O5. The molecule has 25 heavy (non-hydrogen) atoms. The van der Waals surface area contributed by atoms with Crippen LogP contribution in [0.2, 0.25) is 0 Å². The summed E-state index contributed by atoms with van der Waals surface area (Å²) in [5, 5.41) is 16.2. The van der Waals surface area contributed by atoms with Gasteiger partial charge in [0.05, 0.1) is 17.1 Å². The van der Waals surface area contributed by atoms with E-state index in [1.165, 1.54) is 17.8 Å². The van der Waals surface area contributed by atoms with E-state index in [4.69, 9.17) is 4.74 Å². The van der Waals surface area contributed by atoms with Gasteiger partial charge in [0.1, 0.15) is 17.3 Å². The first-order valence-corrected chi connectivity index (χ1v) is 7.54. The van der Waals surface area contributed by atoms with Crippen molar-refractivity contribution in [1.29, 1.82) is 0 Å². The summed E-state index contributed by atoms with van der Waals surface area (Å²) in [4.78, 5) is 38.5. The van der Waals surface area contributed by atoms with Gasteiger partial charge in [-0.3, -0.25) is 9.59 Å². The maximum absolute atomic E-state index is 12.5. The highest BCUT2D eigenvalue weighted by Crippen LogP contribution is 2.14. The first kappa shape index (κ1) is 16.7. The molecular weight excluding hydrogens is 328 g/mol. The molecule has 9 nitrogen and oxygen atoms in total. The summed E-state index contributed by atoms with van der Waals surface area (Å²) in [5.41, 5.74) is 0.491. The lowest BCUT2D eigenvalue weighted by molar-refractivity contribution is -0.139. The number of ether oxygens (including phenoxy) is 1. The molecule has 1 amide bonds. The number of aromatic nitrogens is 3. The van der Waals surface area contributed by atoms with Crippen LogP contribution in [0, 0.1) is 0 Å². The summed E-state index contributed by atoms with van der Waals surface area (Å²) in [6, 6.07) is 5.75. The zero-order chi connectivity index (χ0) is 18.0. The van der Waals surface area contributed by atoms with Crippen molar-refractivity contribution in [2.24, 2.45) is 0 Å². The molecule has 0 aliphatic heterocycles. The molecule has 2 heterocycles. The highest BCUT2D eigenvalue weighted by Gasteiger charge is 2.23. The minimum atomic E-state index is -1.17. The molecule has 0 saturated carbocycles. The van der Waals surface area contributed by atoms with Crippen LogP contribution in [0.4, 0.5) is 0 Å². The van der Waals surface area contributed by atoms with Crippen LogP contribution in [0.1, 0.15) is 16.8 Å². The molecule has 2 aromatic heterocycles. The smallest absolute Gasteiger partial charge is 0.326 e. The number of benzene rings is 1. The SMILES string of the molecule is COCCC(NC(=O)c1cnn2c1[nH]c(=O)c1ccccc12)C(=O)O. The lowest BCUT2D eigenvalue weighted by Gasteiger charge is -2.13. The third-order valence-electron chi connectivity index (χ3n) is 3.84. The number of carbonyl (C=O) groups excluding carboxylic acids is 1. The van der Waals surface area contributed by atoms with Crippen LogP contribution >= 0.6 is 0 Å². The van der Waals surface area contributed by atoms with E-state index in [-0.39, 0.29) is 29.8 Å². The van der Waals surface area contributed by atoms with Crippen molar-refractivity contribution < 1.29 is 19.4 Å². The number of carboxylic acid groups (broad SMARTS) is 1. The van der Waals surface area contributed by atoms with E-state index in [2.05, 4.69) is 15.4 Å². The van der Waals surface area contributed by atoms with Crippen LogP contribution in [-0.4, -0.2) is 51.3 Å². The van der Waals surface area contributed by atoms with Gasteiger partial charge >= 0.3 is 5.97 Å². The van der Waals surface area contributed by atoms with Crippen molar-refractivity contribution in [2.75, 3.05) is 13.7 Å². The fraction of sp³-hybridized carbons (Fsp3) is 0.250. The molecule has 1 unspecified atom stereocenters. The Kier molecular flexibility index (Phi) is 4.48. The van der Waals surface area contributed by atoms with Crippen molar-refractivity contribution in [2.45, 2.75) is 12.5 Å². The van der Waals surface area contributed by atoms with Crippen LogP contribution < -0.4 is 10.9 Å². The Morgan fingerprint density at radius 3 is 2.88 bits per heavy atom. The molecule has 1 aromatic carbocycles. The Hall–Kier alpha value is -3.20. The third kappa shape index (κ3) is 3.09. The standard InChI is InChI=1S/C16H16N4O5/c1-25-7-6-11(16(23)24)18-15(22)10-8-17-20-12-5-3-2-4-9(12)14(21)19-13(10)20/h2-5,8,11H,6-7H2,1H3,(H,18,22)(H,19,21)(H,23,24). The van der Waals surface area contributed by atoms with Crippen molar-refractivity contribution >= 4 is 28.4 Å². The Labute approximate surface area is 141 Å². The van der Waals surface area contributed by atoms with Gasteiger partial charge in [0.2, 0.25) is 0 Å². The van der Waals surface area contributed by atoms with E-state index in [1.54, 1.807) is 24.3 Å². The number of carbonyl (C=O) groups is 2. The lowest BCUT2D eigenvalue weighted by atomic mass is 10.2. The van der Waals surface area contributed by atoms with Gasteiger partial charge in [0, 0.05) is 20.1 Å². The van der Waals surface area contributed by atoms with Gasteiger partial charge in [0.15, 0.2) is 0 Å². The molecule has 3 N–H and O–H groups in total. The molecule has 3 rings (SSSR count). The molecule has 0 radical (unpaired) electrons. The van der Waals surface area contributed by atoms with Gasteiger partial charge in [-0.2, -0.15) is 5.10 Å². The maximum atomic E-state index is 12.5. The van der Waals surface area contributed by atoms with Crippen LogP contribution in [0.15, 0.2) is 35.3 Å². The molecule has 0 bridgehead atoms. The summed E-state index contributed by atoms with van der Waals surface area (Å²) in [6.07, 6.45) is 1.42. The maximum Gasteiger partial charge on any atom is 0.326 e. The topological polar surface area (TPSA) is 126 Å². The largest absolute Gasteiger partial charge is 0.480 e. The van der Waals surface area contributed by atoms with E-state index in [9.17, 15) is 19.5 Å². The number of para-hydroxylation sites is 1. The van der Waals surface area contributed by atoms with E-state index < -0.39 is 17.9 Å². The number of fused-ring (bicyclic) bond motifs is 3. The van der Waals surface area contributed by atoms with E-state index >= 15 is 0 Å². The Morgan fingerprint density at radius 2 is 2.16 bits per heavy atom. The molecule has 0 aliphatic rings. The van der Waals surface area contributed by atoms with Crippen LogP contribution in [0.3, 0.4) is 0 Å². The van der Waals surface area contributed by atoms with Gasteiger partial charge in [-0.05, 0) is 12.1 Å². The van der Waals surface area contributed by atoms with Gasteiger partial charge in [0.25, 0.3) is 11.5 Å². The normalized spacial score (nSPS) is 12.4. The van der Waals surface area contributed by atoms with Crippen LogP contribution in [0.5, 0.6) is 0 Å². The predicted molar refractivity (Wildman–Crippen MR) is 88.7 cm³/mol. The van der Waals surface area contributed by atoms with Crippen molar-refractivity contribution in [1.82, 2.24) is 19.9 Å². The monoisotopic (exact) mass is 344 g/mol. The summed E-state index contributed by atoms with van der Waals surface area (Å²) in [5.74, 6) is -1.80. The number of carboxylic acids is 1. The number of rotatable bonds is 6. The Morgan fingerprint density at radius 1 is 1.40 bits per heavy atom. The molecule has 9 heteroatoms.